The second-order valence-corrected chi connectivity index (χ2v) is 4.92. The first kappa shape index (κ1) is 7.51. The third-order valence-corrected chi connectivity index (χ3v) is 3.58. The normalized spacial score (nSPS) is 14.8. The third kappa shape index (κ3) is 1.64. The zero-order valence-electron chi connectivity index (χ0n) is 15.4. The van der Waals surface area contributed by atoms with Gasteiger partial charge < -0.3 is 4.57 Å². The number of rotatable bonds is 1. The molecule has 0 aliphatic heterocycles. The quantitative estimate of drug-likeness (QED) is 0.438. The molecule has 0 aliphatic rings. The maximum absolute atomic E-state index is 8.28. The first-order chi connectivity index (χ1) is 11.9. The summed E-state index contributed by atoms with van der Waals surface area (Å²) in [6.45, 7) is 0. The molecule has 1 heterocycles. The van der Waals surface area contributed by atoms with Gasteiger partial charge in [0.15, 0.2) is 0 Å². The van der Waals surface area contributed by atoms with E-state index in [-0.39, 0.29) is 29.9 Å². The molecule has 20 heavy (non-hydrogen) atoms. The number of para-hydroxylation sites is 2. The Kier molecular flexibility index (Phi) is 1.65. The van der Waals surface area contributed by atoms with Gasteiger partial charge in [0.2, 0.25) is 0 Å². The van der Waals surface area contributed by atoms with Crippen LogP contribution < -0.4 is 0 Å². The SMILES string of the molecule is [2H]c1c([2H])c([2H])c(-n2c3ccccc3c3cc(Cl)ccc32)c([2H])c1[2H]. The van der Waals surface area contributed by atoms with E-state index in [0.29, 0.717) is 5.02 Å². The van der Waals surface area contributed by atoms with E-state index in [1.165, 1.54) is 0 Å². The van der Waals surface area contributed by atoms with Gasteiger partial charge in [-0.1, -0.05) is 47.9 Å². The topological polar surface area (TPSA) is 4.93 Å². The van der Waals surface area contributed by atoms with Crippen LogP contribution in [0.1, 0.15) is 6.85 Å². The fourth-order valence-corrected chi connectivity index (χ4v) is 2.71. The number of nitrogens with zero attached hydrogens (tertiary/aromatic N) is 1. The van der Waals surface area contributed by atoms with Gasteiger partial charge in [0, 0.05) is 21.5 Å². The minimum atomic E-state index is -0.400. The highest BCUT2D eigenvalue weighted by molar-refractivity contribution is 6.31. The molecule has 96 valence electrons. The van der Waals surface area contributed by atoms with Crippen LogP contribution in [0.2, 0.25) is 5.02 Å². The lowest BCUT2D eigenvalue weighted by atomic mass is 10.2. The molecule has 2 heteroatoms. The molecule has 0 saturated heterocycles. The lowest BCUT2D eigenvalue weighted by Crippen LogP contribution is -1.92. The number of hydrogen-bond acceptors (Lipinski definition) is 0. The Hall–Kier alpha value is -2.25. The molecule has 0 saturated carbocycles. The van der Waals surface area contributed by atoms with E-state index in [4.69, 9.17) is 18.5 Å². The number of halogens is 1. The summed E-state index contributed by atoms with van der Waals surface area (Å²) in [4.78, 5) is 0. The van der Waals surface area contributed by atoms with Crippen molar-refractivity contribution in [3.05, 3.63) is 77.7 Å². The van der Waals surface area contributed by atoms with E-state index in [9.17, 15) is 0 Å². The second-order valence-electron chi connectivity index (χ2n) is 4.49. The van der Waals surface area contributed by atoms with Crippen molar-refractivity contribution in [2.75, 3.05) is 0 Å². The fourth-order valence-electron chi connectivity index (χ4n) is 2.54. The first-order valence-electron chi connectivity index (χ1n) is 8.68. The molecule has 0 N–H and O–H groups in total. The van der Waals surface area contributed by atoms with Crippen molar-refractivity contribution in [1.29, 1.82) is 0 Å². The lowest BCUT2D eigenvalue weighted by Gasteiger charge is -2.07. The highest BCUT2D eigenvalue weighted by atomic mass is 35.5. The van der Waals surface area contributed by atoms with Gasteiger partial charge >= 0.3 is 0 Å². The zero-order chi connectivity index (χ0) is 17.9. The van der Waals surface area contributed by atoms with Crippen molar-refractivity contribution in [2.24, 2.45) is 0 Å². The molecule has 0 aliphatic carbocycles. The summed E-state index contributed by atoms with van der Waals surface area (Å²) in [6.07, 6.45) is 0. The fraction of sp³-hybridized carbons (Fsp3) is 0. The van der Waals surface area contributed by atoms with Crippen LogP contribution in [0.4, 0.5) is 0 Å². The molecular weight excluding hydrogens is 266 g/mol. The van der Waals surface area contributed by atoms with E-state index in [2.05, 4.69) is 0 Å². The zero-order valence-corrected chi connectivity index (χ0v) is 11.1. The van der Waals surface area contributed by atoms with Gasteiger partial charge in [0.1, 0.15) is 0 Å². The number of fused-ring (bicyclic) bond motifs is 3. The number of aromatic nitrogens is 1. The largest absolute Gasteiger partial charge is 0.309 e. The van der Waals surface area contributed by atoms with Crippen LogP contribution in [0.25, 0.3) is 27.5 Å². The van der Waals surface area contributed by atoms with Crippen molar-refractivity contribution in [3.63, 3.8) is 0 Å². The van der Waals surface area contributed by atoms with Crippen LogP contribution in [0.5, 0.6) is 0 Å². The summed E-state index contributed by atoms with van der Waals surface area (Å²) in [5.74, 6) is 0. The number of hydrogen-bond donors (Lipinski definition) is 0. The molecule has 0 radical (unpaired) electrons. The smallest absolute Gasteiger partial charge is 0.0645 e. The maximum Gasteiger partial charge on any atom is 0.0645 e. The van der Waals surface area contributed by atoms with Crippen LogP contribution in [-0.2, 0) is 0 Å². The highest BCUT2D eigenvalue weighted by Gasteiger charge is 2.11. The van der Waals surface area contributed by atoms with Crippen LogP contribution >= 0.6 is 11.6 Å². The lowest BCUT2D eigenvalue weighted by molar-refractivity contribution is 1.18. The summed E-state index contributed by atoms with van der Waals surface area (Å²) >= 11 is 6.14. The predicted molar refractivity (Wildman–Crippen MR) is 85.8 cm³/mol. The van der Waals surface area contributed by atoms with Crippen molar-refractivity contribution in [2.45, 2.75) is 0 Å². The summed E-state index contributed by atoms with van der Waals surface area (Å²) < 4.78 is 42.0. The average Bonchev–Trinajstić information content (AvgIpc) is 2.93. The maximum atomic E-state index is 8.28. The molecule has 0 amide bonds. The molecule has 1 nitrogen and oxygen atoms in total. The van der Waals surface area contributed by atoms with Gasteiger partial charge in [-0.3, -0.25) is 0 Å². The summed E-state index contributed by atoms with van der Waals surface area (Å²) in [5, 5.41) is 2.36. The third-order valence-electron chi connectivity index (χ3n) is 3.35. The van der Waals surface area contributed by atoms with Gasteiger partial charge in [0.25, 0.3) is 0 Å². The Balaban J connectivity index is 2.26. The molecule has 0 bridgehead atoms. The van der Waals surface area contributed by atoms with Crippen molar-refractivity contribution < 1.29 is 6.85 Å². The molecule has 0 spiro atoms. The van der Waals surface area contributed by atoms with Crippen LogP contribution in [-0.4, -0.2) is 4.57 Å². The van der Waals surface area contributed by atoms with Gasteiger partial charge in [-0.25, -0.2) is 0 Å². The molecule has 0 fully saturated rings. The van der Waals surface area contributed by atoms with Crippen LogP contribution in [0.3, 0.4) is 0 Å². The van der Waals surface area contributed by atoms with Gasteiger partial charge in [-0.05, 0) is 36.4 Å². The van der Waals surface area contributed by atoms with E-state index in [1.54, 1.807) is 16.7 Å². The highest BCUT2D eigenvalue weighted by Crippen LogP contribution is 2.33. The minimum absolute atomic E-state index is 0.138. The Morgan fingerprint density at radius 3 is 2.45 bits per heavy atom. The van der Waals surface area contributed by atoms with Gasteiger partial charge in [-0.2, -0.15) is 0 Å². The number of benzene rings is 3. The van der Waals surface area contributed by atoms with E-state index in [0.717, 1.165) is 21.8 Å². The summed E-state index contributed by atoms with van der Waals surface area (Å²) in [7, 11) is 0. The van der Waals surface area contributed by atoms with Crippen LogP contribution in [0, 0.1) is 0 Å². The molecule has 0 unspecified atom stereocenters. The molecule has 4 rings (SSSR count). The minimum Gasteiger partial charge on any atom is -0.309 e. The summed E-state index contributed by atoms with van der Waals surface area (Å²) in [6, 6.07) is 11.3. The molecule has 0 atom stereocenters. The monoisotopic (exact) mass is 282 g/mol. The van der Waals surface area contributed by atoms with E-state index >= 15 is 0 Å². The molecule has 1 aromatic heterocycles. The predicted octanol–water partition coefficient (Wildman–Crippen LogP) is 5.44. The summed E-state index contributed by atoms with van der Waals surface area (Å²) in [5.41, 5.74) is 1.64. The van der Waals surface area contributed by atoms with Gasteiger partial charge in [0.05, 0.1) is 17.9 Å². The van der Waals surface area contributed by atoms with Crippen molar-refractivity contribution in [3.8, 4) is 5.69 Å². The van der Waals surface area contributed by atoms with Crippen molar-refractivity contribution >= 4 is 33.4 Å². The molecular formula is C18H12ClN. The standard InChI is InChI=1S/C18H12ClN/c19-13-10-11-18-16(12-13)15-8-4-5-9-17(15)20(18)14-6-2-1-3-7-14/h1-12H/i1D,2D,3D,6D,7D. The Morgan fingerprint density at radius 1 is 0.850 bits per heavy atom. The van der Waals surface area contributed by atoms with Crippen molar-refractivity contribution in [1.82, 2.24) is 4.57 Å². The van der Waals surface area contributed by atoms with Crippen LogP contribution in [0.15, 0.2) is 72.7 Å². The average molecular weight is 283 g/mol. The first-order valence-corrected chi connectivity index (χ1v) is 6.55. The Morgan fingerprint density at radius 2 is 1.60 bits per heavy atom. The molecule has 4 aromatic rings. The van der Waals surface area contributed by atoms with E-state index in [1.807, 2.05) is 30.3 Å². The molecule has 3 aromatic carbocycles. The second kappa shape index (κ2) is 4.39. The Labute approximate surface area is 129 Å². The Bertz CT molecular complexity index is 1140. The van der Waals surface area contributed by atoms with Gasteiger partial charge in [-0.15, -0.1) is 0 Å². The van der Waals surface area contributed by atoms with E-state index < -0.39 is 6.04 Å².